The molecule has 24 nitrogen and oxygen atoms in total. The Bertz CT molecular complexity index is 4770. The molecule has 34 heteroatoms. The van der Waals surface area contributed by atoms with E-state index in [0.717, 1.165) is 92.8 Å². The summed E-state index contributed by atoms with van der Waals surface area (Å²) in [5.74, 6) is 3.02. The molecule has 11 rings (SSSR count). The zero-order valence-corrected chi connectivity index (χ0v) is 94.3. The number of ether oxygens (including phenoxy) is 6. The molecule has 3 N–H and O–H groups in total. The third-order valence-corrected chi connectivity index (χ3v) is 23.1. The average molecular weight is 2200 g/mol. The number of hydrogen-bond acceptors (Lipinski definition) is 23. The summed E-state index contributed by atoms with van der Waals surface area (Å²) >= 11 is 15.5. The summed E-state index contributed by atoms with van der Waals surface area (Å²) in [5, 5.41) is 19.0. The normalized spacial score (nSPS) is 14.5. The second-order valence-corrected chi connectivity index (χ2v) is 43.8. The number of alkyl halides is 3. The molecule has 5 aromatic carbocycles. The molecule has 8 aromatic rings. The van der Waals surface area contributed by atoms with Crippen molar-refractivity contribution in [3.8, 4) is 51.5 Å². The van der Waals surface area contributed by atoms with Crippen LogP contribution >= 0.6 is 59.4 Å². The molecule has 3 aliphatic heterocycles. The summed E-state index contributed by atoms with van der Waals surface area (Å²) in [4.78, 5) is 58.6. The molecular weight excluding hydrogens is 2030 g/mol. The van der Waals surface area contributed by atoms with Crippen LogP contribution in [0.3, 0.4) is 0 Å². The number of esters is 2. The van der Waals surface area contributed by atoms with E-state index < -0.39 is 46.2 Å². The van der Waals surface area contributed by atoms with Crippen LogP contribution in [-0.4, -0.2) is 178 Å². The van der Waals surface area contributed by atoms with Gasteiger partial charge in [-0.05, 0) is 303 Å². The van der Waals surface area contributed by atoms with E-state index in [4.69, 9.17) is 80.9 Å². The van der Waals surface area contributed by atoms with Gasteiger partial charge in [0, 0.05) is 44.0 Å². The van der Waals surface area contributed by atoms with E-state index in [1.807, 2.05) is 152 Å². The number of aromatic nitrogens is 6. The van der Waals surface area contributed by atoms with Gasteiger partial charge in [-0.2, -0.15) is 0 Å². The number of carbonyl (C=O) groups excluding carboxylic acids is 2. The Hall–Kier alpha value is -6.75. The minimum atomic E-state index is -1.02. The van der Waals surface area contributed by atoms with Gasteiger partial charge >= 0.3 is 68.6 Å². The van der Waals surface area contributed by atoms with Crippen LogP contribution in [0.25, 0.3) is 22.8 Å². The molecule has 0 spiro atoms. The van der Waals surface area contributed by atoms with Crippen molar-refractivity contribution < 1.29 is 127 Å². The SMILES string of the molecule is C.C.C.C.C.CC(C)(C)CCBr.CC(C)(C)CCOc1ccc(B2OC(C)(C)C(C)(C)O2)cc1.CC(C)(C)CCOc1ccc(Br)cc1.CC1(C)OB(B2OC(C)(C)C(C)(C)O2)OC1(C)C.CCOC(=O)c1cnc(-c2ccc(OCCC(C)(C)C)cc2)nc1C.CCOC(=O)c1cnc(Cl)nc1C.Cc1nc(-c2ccc(OCCC(C)(C)C)cc2)ncc1C(=O)O.Oc1ccc(Br)cc1.[2H]CF.[2H]CF.[Na+].[OH-]. The standard InChI is InChI=1S/C20H26N2O3.C18H29BO3.C18H22N2O3.C12H24B2O4.C12H17BrO.C8H9ClN2O2.C6H5BrO.C6H13Br.2CH3F.5CH4.Na.H2O/c1-6-24-19(23)17-13-21-18(22-14(17)2)15-7-9-16(10-8-15)25-12-11-20(3,4)5;1-16(2,3)12-13-20-15-10-8-14(9-11-15)19-21-17(4,5)18(6,7)22-19;1-12-15(17(21)22)11-19-16(20-12)13-5-7-14(8-6-13)23-10-9-18(2,3)4;1-9(2)10(3,4)16-13(15-9)14-17-11(5,6)12(7,8)18-14;1-12(2,3)8-9-14-11-6-4-10(13)5-7-11;1-3-13-7(12)6-4-10-8(9)11-5(6)2;7-5-1-3-6(8)4-2-5;1-6(2,3)4-5-7;2*1-2;;;;;;;/h7-10,13H,6,11-12H2,1-5H3;8-11H,12-13H2,1-7H3;5-8,11H,9-10H2,1-4H3,(H,21,22);1-8H3;4-7H,8-9H2,1-3H3;4H,3H2,1-2H3;1-4,8H;4-5H2,1-3H3;2*1H3;5*1H4;;1H2/q;;;;;;;;;;;;;;;+1;/p-1/i;;;;;;;;2*1D;;;;;;;. The molecule has 3 aliphatic rings. The van der Waals surface area contributed by atoms with Crippen molar-refractivity contribution in [3.63, 3.8) is 0 Å². The summed E-state index contributed by atoms with van der Waals surface area (Å²) < 4.78 is 102. The molecule has 0 saturated carbocycles. The number of rotatable bonds is 22. The third kappa shape index (κ3) is 54.5. The number of nitrogens with zero attached hydrogens (tertiary/aromatic N) is 6. The van der Waals surface area contributed by atoms with Crippen LogP contribution in [0, 0.1) is 47.8 Å². The number of phenolic OH excluding ortho intramolecular Hbond substituents is 1. The minimum Gasteiger partial charge on any atom is -0.870 e. The number of carboxylic acid groups (broad SMARTS) is 1. The first-order chi connectivity index (χ1) is 62.7. The zero-order chi connectivity index (χ0) is 104. The molecule has 0 atom stereocenters. The van der Waals surface area contributed by atoms with E-state index in [9.17, 15) is 23.2 Å². The van der Waals surface area contributed by atoms with Crippen molar-refractivity contribution >= 4 is 104 Å². The van der Waals surface area contributed by atoms with Crippen LogP contribution in [0.15, 0.2) is 149 Å². The summed E-state index contributed by atoms with van der Waals surface area (Å²) in [6, 6.07) is 38.0. The van der Waals surface area contributed by atoms with Crippen LogP contribution in [0.1, 0.15) is 321 Å². The van der Waals surface area contributed by atoms with Gasteiger partial charge in [0.05, 0.1) is 124 Å². The van der Waals surface area contributed by atoms with Gasteiger partial charge in [-0.25, -0.2) is 44.3 Å². The minimum absolute atomic E-state index is 0. The fraction of sp³-hybridized carbons (Fsp3) is 0.579. The molecule has 3 fully saturated rings. The summed E-state index contributed by atoms with van der Waals surface area (Å²) in [6.07, 6.45) is 9.56. The van der Waals surface area contributed by atoms with Crippen molar-refractivity contribution in [2.45, 2.75) is 324 Å². The number of halogens is 6. The molecule has 6 heterocycles. The molecule has 790 valence electrons. The van der Waals surface area contributed by atoms with Crippen LogP contribution in [0.2, 0.25) is 5.28 Å². The average Bonchev–Trinajstić information content (AvgIpc) is 1.59. The number of aryl methyl sites for hydroxylation is 3. The Morgan fingerprint density at radius 1 is 0.418 bits per heavy atom. The van der Waals surface area contributed by atoms with Gasteiger partial charge in [0.15, 0.2) is 11.6 Å². The van der Waals surface area contributed by atoms with E-state index in [2.05, 4.69) is 209 Å². The Morgan fingerprint density at radius 3 is 0.908 bits per heavy atom. The number of aromatic hydroxyl groups is 1. The number of benzene rings is 5. The number of aromatic carboxylic acids is 1. The van der Waals surface area contributed by atoms with Crippen molar-refractivity contribution in [1.29, 1.82) is 0 Å². The van der Waals surface area contributed by atoms with E-state index in [-0.39, 0.29) is 135 Å². The van der Waals surface area contributed by atoms with Crippen molar-refractivity contribution in [1.82, 2.24) is 29.9 Å². The maximum atomic E-state index is 11.8. The molecule has 0 aliphatic carbocycles. The van der Waals surface area contributed by atoms with Gasteiger partial charge in [0.25, 0.3) is 0 Å². The zero-order valence-electron chi connectivity index (χ0n) is 88.8. The first kappa shape index (κ1) is 141. The Morgan fingerprint density at radius 2 is 0.667 bits per heavy atom. The van der Waals surface area contributed by atoms with Gasteiger partial charge in [-0.15, -0.1) is 0 Å². The first-order valence-electron chi connectivity index (χ1n) is 46.3. The van der Waals surface area contributed by atoms with Crippen molar-refractivity contribution in [3.05, 3.63) is 188 Å². The molecule has 0 amide bonds. The van der Waals surface area contributed by atoms with Crippen LogP contribution in [-0.2, 0) is 37.4 Å². The van der Waals surface area contributed by atoms with Gasteiger partial charge in [-0.3, -0.25) is 8.78 Å². The second-order valence-electron chi connectivity index (χ2n) is 40.8. The van der Waals surface area contributed by atoms with Gasteiger partial charge in [0.1, 0.15) is 28.7 Å². The topological polar surface area (TPSA) is 310 Å². The predicted octanol–water partition coefficient (Wildman–Crippen LogP) is 26.5. The number of carbonyl (C=O) groups is 3. The predicted molar refractivity (Wildman–Crippen MR) is 585 cm³/mol. The molecule has 3 aromatic heterocycles. The van der Waals surface area contributed by atoms with Gasteiger partial charge < -0.3 is 72.0 Å². The molecule has 0 unspecified atom stereocenters. The van der Waals surface area contributed by atoms with Crippen LogP contribution in [0.4, 0.5) is 8.78 Å². The quantitative estimate of drug-likeness (QED) is 0.0276. The van der Waals surface area contributed by atoms with E-state index in [0.29, 0.717) is 88.3 Å². The Kier molecular flexibility index (Phi) is 66.2. The summed E-state index contributed by atoms with van der Waals surface area (Å²) in [6.45, 7) is 69.8. The number of carboxylic acids is 1. The molecule has 3 saturated heterocycles. The Labute approximate surface area is 904 Å². The van der Waals surface area contributed by atoms with Crippen LogP contribution in [0.5, 0.6) is 28.7 Å². The second kappa shape index (κ2) is 66.5. The van der Waals surface area contributed by atoms with E-state index in [1.165, 1.54) is 25.0 Å². The number of phenols is 1. The first-order valence-corrected chi connectivity index (χ1v) is 47.9. The molecule has 0 radical (unpaired) electrons. The molecule has 0 bridgehead atoms. The monoisotopic (exact) mass is 2200 g/mol. The van der Waals surface area contributed by atoms with E-state index >= 15 is 0 Å². The third-order valence-electron chi connectivity index (χ3n) is 21.5. The number of hydrogen-bond donors (Lipinski definition) is 2. The maximum Gasteiger partial charge on any atom is 1.00 e. The largest absolute Gasteiger partial charge is 1.00 e. The van der Waals surface area contributed by atoms with Gasteiger partial charge in [0.2, 0.25) is 5.28 Å². The summed E-state index contributed by atoms with van der Waals surface area (Å²) in [7, 11) is -3.26. The molecule has 141 heavy (non-hydrogen) atoms. The Balaban J connectivity index is -0.000000378. The fourth-order valence-electron chi connectivity index (χ4n) is 10.9. The van der Waals surface area contributed by atoms with E-state index in [1.54, 1.807) is 58.9 Å². The summed E-state index contributed by atoms with van der Waals surface area (Å²) in [5.41, 5.74) is 4.78. The maximum absolute atomic E-state index is 11.8. The fourth-order valence-corrected chi connectivity index (χ4v) is 12.8. The van der Waals surface area contributed by atoms with Crippen LogP contribution < -0.4 is 54.0 Å². The smallest absolute Gasteiger partial charge is 0.870 e. The van der Waals surface area contributed by atoms with Crippen molar-refractivity contribution in [2.75, 3.05) is 59.3 Å². The van der Waals surface area contributed by atoms with Gasteiger partial charge in [-0.1, -0.05) is 201 Å². The molecular formula is C107H172B3Br3ClF2N6NaO18. The van der Waals surface area contributed by atoms with Crippen molar-refractivity contribution in [2.24, 2.45) is 27.1 Å².